The Hall–Kier alpha value is -1.55. The van der Waals surface area contributed by atoms with Gasteiger partial charge in [-0.15, -0.1) is 0 Å². The first-order valence-corrected chi connectivity index (χ1v) is 7.47. The number of amides is 1. The first-order chi connectivity index (χ1) is 9.87. The summed E-state index contributed by atoms with van der Waals surface area (Å²) in [6.45, 7) is 10.3. The van der Waals surface area contributed by atoms with Gasteiger partial charge in [0.05, 0.1) is 12.6 Å². The molecule has 0 aliphatic carbocycles. The number of benzene rings is 1. The Bertz CT molecular complexity index is 481. The smallest absolute Gasteiger partial charge is 0.252 e. The van der Waals surface area contributed by atoms with Gasteiger partial charge in [0.1, 0.15) is 11.4 Å². The van der Waals surface area contributed by atoms with Crippen molar-refractivity contribution in [1.82, 2.24) is 5.32 Å². The molecule has 0 aromatic heterocycles. The number of hydrogen-bond donors (Lipinski definition) is 1. The van der Waals surface area contributed by atoms with E-state index in [1.54, 1.807) is 14.0 Å². The molecule has 0 bridgehead atoms. The first kappa shape index (κ1) is 17.5. The molecule has 1 amide bonds. The van der Waals surface area contributed by atoms with Crippen LogP contribution in [-0.4, -0.2) is 25.2 Å². The monoisotopic (exact) mass is 293 g/mol. The Kier molecular flexibility index (Phi) is 6.21. The molecule has 0 aliphatic rings. The maximum absolute atomic E-state index is 12.4. The van der Waals surface area contributed by atoms with E-state index in [1.165, 1.54) is 0 Å². The van der Waals surface area contributed by atoms with Gasteiger partial charge < -0.3 is 14.8 Å². The standard InChI is InChI=1S/C17H27NO3/c1-7-17(5,20-6)16(19)18-13(4)14-11-12(3)9-10-15(14)21-8-2/h9-11,13H,7-8H2,1-6H3,(H,18,19). The molecule has 1 rings (SSSR count). The number of rotatable bonds is 7. The van der Waals surface area contributed by atoms with Gasteiger partial charge in [-0.3, -0.25) is 4.79 Å². The van der Waals surface area contributed by atoms with E-state index in [1.807, 2.05) is 45.9 Å². The third-order valence-electron chi connectivity index (χ3n) is 3.88. The van der Waals surface area contributed by atoms with Crippen molar-refractivity contribution in [2.75, 3.05) is 13.7 Å². The third kappa shape index (κ3) is 4.21. The molecule has 1 aromatic carbocycles. The number of aryl methyl sites for hydroxylation is 1. The molecule has 4 heteroatoms. The lowest BCUT2D eigenvalue weighted by Gasteiger charge is -2.28. The van der Waals surface area contributed by atoms with Gasteiger partial charge in [0.25, 0.3) is 5.91 Å². The highest BCUT2D eigenvalue weighted by atomic mass is 16.5. The summed E-state index contributed by atoms with van der Waals surface area (Å²) in [5, 5.41) is 3.02. The van der Waals surface area contributed by atoms with Crippen molar-refractivity contribution in [2.45, 2.75) is 52.7 Å². The molecule has 0 aliphatic heterocycles. The second-order valence-corrected chi connectivity index (χ2v) is 5.46. The lowest BCUT2D eigenvalue weighted by molar-refractivity contribution is -0.142. The van der Waals surface area contributed by atoms with Crippen molar-refractivity contribution in [3.63, 3.8) is 0 Å². The molecule has 1 N–H and O–H groups in total. The molecule has 0 spiro atoms. The third-order valence-corrected chi connectivity index (χ3v) is 3.88. The van der Waals surface area contributed by atoms with Crippen molar-refractivity contribution < 1.29 is 14.3 Å². The first-order valence-electron chi connectivity index (χ1n) is 7.47. The SMILES string of the molecule is CCOc1ccc(C)cc1C(C)NC(=O)C(C)(CC)OC. The zero-order valence-corrected chi connectivity index (χ0v) is 13.9. The minimum Gasteiger partial charge on any atom is -0.494 e. The van der Waals surface area contributed by atoms with Crippen LogP contribution in [0.5, 0.6) is 5.75 Å². The fraction of sp³-hybridized carbons (Fsp3) is 0.588. The fourth-order valence-corrected chi connectivity index (χ4v) is 2.12. The highest BCUT2D eigenvalue weighted by Crippen LogP contribution is 2.27. The maximum atomic E-state index is 12.4. The predicted molar refractivity (Wildman–Crippen MR) is 84.6 cm³/mol. The van der Waals surface area contributed by atoms with Crippen LogP contribution in [0.1, 0.15) is 51.3 Å². The van der Waals surface area contributed by atoms with Gasteiger partial charge in [-0.2, -0.15) is 0 Å². The van der Waals surface area contributed by atoms with Gasteiger partial charge in [-0.1, -0.05) is 24.6 Å². The summed E-state index contributed by atoms with van der Waals surface area (Å²) >= 11 is 0. The molecule has 1 aromatic rings. The molecule has 0 saturated heterocycles. The van der Waals surface area contributed by atoms with Crippen LogP contribution in [0.25, 0.3) is 0 Å². The molecular weight excluding hydrogens is 266 g/mol. The van der Waals surface area contributed by atoms with E-state index in [0.717, 1.165) is 16.9 Å². The van der Waals surface area contributed by atoms with Crippen molar-refractivity contribution in [2.24, 2.45) is 0 Å². The predicted octanol–water partition coefficient (Wildman–Crippen LogP) is 3.39. The summed E-state index contributed by atoms with van der Waals surface area (Å²) in [5.41, 5.74) is 1.32. The molecule has 4 nitrogen and oxygen atoms in total. The zero-order valence-electron chi connectivity index (χ0n) is 13.9. The minimum atomic E-state index is -0.802. The minimum absolute atomic E-state index is 0.107. The second kappa shape index (κ2) is 7.46. The summed E-state index contributed by atoms with van der Waals surface area (Å²) in [4.78, 5) is 12.4. The molecule has 2 atom stereocenters. The zero-order chi connectivity index (χ0) is 16.0. The summed E-state index contributed by atoms with van der Waals surface area (Å²) in [5.74, 6) is 0.704. The summed E-state index contributed by atoms with van der Waals surface area (Å²) < 4.78 is 11.0. The van der Waals surface area contributed by atoms with Crippen LogP contribution < -0.4 is 10.1 Å². The fourth-order valence-electron chi connectivity index (χ4n) is 2.12. The number of methoxy groups -OCH3 is 1. The van der Waals surface area contributed by atoms with Crippen LogP contribution in [0, 0.1) is 6.92 Å². The van der Waals surface area contributed by atoms with Crippen LogP contribution in [0.4, 0.5) is 0 Å². The van der Waals surface area contributed by atoms with E-state index in [4.69, 9.17) is 9.47 Å². The van der Waals surface area contributed by atoms with Crippen LogP contribution in [-0.2, 0) is 9.53 Å². The van der Waals surface area contributed by atoms with Crippen LogP contribution in [0.15, 0.2) is 18.2 Å². The highest BCUT2D eigenvalue weighted by Gasteiger charge is 2.32. The van der Waals surface area contributed by atoms with Crippen LogP contribution in [0.3, 0.4) is 0 Å². The van der Waals surface area contributed by atoms with E-state index in [-0.39, 0.29) is 11.9 Å². The lowest BCUT2D eigenvalue weighted by atomic mass is 9.99. The molecule has 21 heavy (non-hydrogen) atoms. The molecule has 0 fully saturated rings. The normalized spacial score (nSPS) is 15.1. The van der Waals surface area contributed by atoms with Gasteiger partial charge in [-0.05, 0) is 40.2 Å². The number of ether oxygens (including phenoxy) is 2. The molecule has 118 valence electrons. The number of nitrogens with one attached hydrogen (secondary N) is 1. The molecule has 0 radical (unpaired) electrons. The van der Waals surface area contributed by atoms with Crippen molar-refractivity contribution in [3.05, 3.63) is 29.3 Å². The van der Waals surface area contributed by atoms with Gasteiger partial charge in [-0.25, -0.2) is 0 Å². The second-order valence-electron chi connectivity index (χ2n) is 5.46. The van der Waals surface area contributed by atoms with Gasteiger partial charge in [0.15, 0.2) is 0 Å². The lowest BCUT2D eigenvalue weighted by Crippen LogP contribution is -2.46. The Morgan fingerprint density at radius 2 is 2.05 bits per heavy atom. The van der Waals surface area contributed by atoms with Crippen LogP contribution >= 0.6 is 0 Å². The molecule has 0 heterocycles. The Labute approximate surface area is 127 Å². The van der Waals surface area contributed by atoms with Gasteiger partial charge >= 0.3 is 0 Å². The van der Waals surface area contributed by atoms with Gasteiger partial charge in [0, 0.05) is 12.7 Å². The summed E-state index contributed by atoms with van der Waals surface area (Å²) in [7, 11) is 1.56. The maximum Gasteiger partial charge on any atom is 0.252 e. The van der Waals surface area contributed by atoms with E-state index in [2.05, 4.69) is 5.32 Å². The largest absolute Gasteiger partial charge is 0.494 e. The van der Waals surface area contributed by atoms with E-state index >= 15 is 0 Å². The average Bonchev–Trinajstić information content (AvgIpc) is 2.48. The van der Waals surface area contributed by atoms with Crippen molar-refractivity contribution in [1.29, 1.82) is 0 Å². The highest BCUT2D eigenvalue weighted by molar-refractivity contribution is 5.85. The molecule has 0 saturated carbocycles. The Morgan fingerprint density at radius 3 is 2.57 bits per heavy atom. The van der Waals surface area contributed by atoms with Crippen molar-refractivity contribution in [3.8, 4) is 5.75 Å². The Balaban J connectivity index is 2.96. The summed E-state index contributed by atoms with van der Waals surface area (Å²) in [6, 6.07) is 5.87. The molecular formula is C17H27NO3. The molecule has 2 unspecified atom stereocenters. The average molecular weight is 293 g/mol. The van der Waals surface area contributed by atoms with E-state index < -0.39 is 5.60 Å². The van der Waals surface area contributed by atoms with Crippen molar-refractivity contribution >= 4 is 5.91 Å². The Morgan fingerprint density at radius 1 is 1.38 bits per heavy atom. The number of carbonyl (C=O) groups excluding carboxylic acids is 1. The summed E-state index contributed by atoms with van der Waals surface area (Å²) in [6.07, 6.45) is 0.619. The number of hydrogen-bond acceptors (Lipinski definition) is 3. The van der Waals surface area contributed by atoms with E-state index in [9.17, 15) is 4.79 Å². The quantitative estimate of drug-likeness (QED) is 0.838. The topological polar surface area (TPSA) is 47.6 Å². The van der Waals surface area contributed by atoms with Crippen LogP contribution in [0.2, 0.25) is 0 Å². The van der Waals surface area contributed by atoms with Gasteiger partial charge in [0.2, 0.25) is 0 Å². The number of carbonyl (C=O) groups is 1. The van der Waals surface area contributed by atoms with E-state index in [0.29, 0.717) is 13.0 Å².